The van der Waals surface area contributed by atoms with Crippen LogP contribution >= 0.6 is 0 Å². The molecule has 1 aliphatic carbocycles. The van der Waals surface area contributed by atoms with E-state index in [-0.39, 0.29) is 29.7 Å². The van der Waals surface area contributed by atoms with E-state index < -0.39 is 18.2 Å². The number of aliphatic hydroxyl groups is 1. The van der Waals surface area contributed by atoms with Crippen molar-refractivity contribution in [3.8, 4) is 0 Å². The van der Waals surface area contributed by atoms with Gasteiger partial charge in [-0.2, -0.15) is 0 Å². The highest BCUT2D eigenvalue weighted by molar-refractivity contribution is 5.81. The molecule has 0 unspecified atom stereocenters. The van der Waals surface area contributed by atoms with Crippen molar-refractivity contribution in [3.63, 3.8) is 0 Å². The lowest BCUT2D eigenvalue weighted by Gasteiger charge is -2.20. The maximum atomic E-state index is 13.7. The van der Waals surface area contributed by atoms with Crippen molar-refractivity contribution in [1.82, 2.24) is 5.32 Å². The van der Waals surface area contributed by atoms with Crippen molar-refractivity contribution in [2.45, 2.75) is 25.5 Å². The molecule has 1 amide bonds. The molecule has 104 valence electrons. The SMILES string of the molecule is CN(CC(=O)NC1CC1)c1c(F)cc(CO)cc1F. The normalized spacial score (nSPS) is 14.3. The summed E-state index contributed by atoms with van der Waals surface area (Å²) >= 11 is 0. The zero-order valence-corrected chi connectivity index (χ0v) is 10.6. The van der Waals surface area contributed by atoms with E-state index in [0.29, 0.717) is 0 Å². The van der Waals surface area contributed by atoms with E-state index in [4.69, 9.17) is 5.11 Å². The standard InChI is InChI=1S/C13H16F2N2O2/c1-17(6-12(19)16-9-2-3-9)13-10(14)4-8(7-18)5-11(13)15/h4-5,9,18H,2-3,6-7H2,1H3,(H,16,19). The summed E-state index contributed by atoms with van der Waals surface area (Å²) in [5, 5.41) is 11.6. The Morgan fingerprint density at radius 1 is 1.42 bits per heavy atom. The van der Waals surface area contributed by atoms with Crippen LogP contribution in [0, 0.1) is 11.6 Å². The van der Waals surface area contributed by atoms with Crippen molar-refractivity contribution in [3.05, 3.63) is 29.3 Å². The molecule has 0 atom stereocenters. The van der Waals surface area contributed by atoms with Gasteiger partial charge in [-0.15, -0.1) is 0 Å². The maximum Gasteiger partial charge on any atom is 0.239 e. The smallest absolute Gasteiger partial charge is 0.239 e. The molecule has 1 fully saturated rings. The number of rotatable bonds is 5. The molecular formula is C13H16F2N2O2. The van der Waals surface area contributed by atoms with E-state index in [1.54, 1.807) is 0 Å². The van der Waals surface area contributed by atoms with Crippen LogP contribution < -0.4 is 10.2 Å². The number of likely N-dealkylation sites (N-methyl/N-ethyl adjacent to an activating group) is 1. The Labute approximate surface area is 110 Å². The summed E-state index contributed by atoms with van der Waals surface area (Å²) in [5.41, 5.74) is -0.0993. The molecule has 0 saturated heterocycles. The minimum atomic E-state index is -0.786. The van der Waals surface area contributed by atoms with Gasteiger partial charge in [0, 0.05) is 13.1 Å². The highest BCUT2D eigenvalue weighted by Gasteiger charge is 2.24. The number of aliphatic hydroxyl groups excluding tert-OH is 1. The van der Waals surface area contributed by atoms with E-state index >= 15 is 0 Å². The molecule has 0 aromatic heterocycles. The average Bonchev–Trinajstić information content (AvgIpc) is 3.11. The van der Waals surface area contributed by atoms with Crippen LogP contribution in [0.2, 0.25) is 0 Å². The molecule has 1 aliphatic rings. The number of nitrogens with zero attached hydrogens (tertiary/aromatic N) is 1. The van der Waals surface area contributed by atoms with Crippen LogP contribution in [0.1, 0.15) is 18.4 Å². The van der Waals surface area contributed by atoms with Gasteiger partial charge in [0.15, 0.2) is 0 Å². The zero-order chi connectivity index (χ0) is 14.0. The summed E-state index contributed by atoms with van der Waals surface area (Å²) < 4.78 is 27.5. The molecule has 0 bridgehead atoms. The molecule has 0 heterocycles. The van der Waals surface area contributed by atoms with Crippen molar-refractivity contribution in [1.29, 1.82) is 0 Å². The zero-order valence-electron chi connectivity index (χ0n) is 10.6. The molecule has 19 heavy (non-hydrogen) atoms. The lowest BCUT2D eigenvalue weighted by Crippen LogP contribution is -2.37. The highest BCUT2D eigenvalue weighted by atomic mass is 19.1. The Hall–Kier alpha value is -1.69. The number of carbonyl (C=O) groups excluding carboxylic acids is 1. The fourth-order valence-electron chi connectivity index (χ4n) is 1.87. The van der Waals surface area contributed by atoms with Gasteiger partial charge in [0.2, 0.25) is 5.91 Å². The van der Waals surface area contributed by atoms with Crippen LogP contribution in [0.3, 0.4) is 0 Å². The van der Waals surface area contributed by atoms with Crippen LogP contribution in [-0.2, 0) is 11.4 Å². The molecule has 1 saturated carbocycles. The second kappa shape index (κ2) is 5.52. The predicted molar refractivity (Wildman–Crippen MR) is 66.7 cm³/mol. The first-order valence-electron chi connectivity index (χ1n) is 6.10. The van der Waals surface area contributed by atoms with Gasteiger partial charge in [-0.05, 0) is 30.5 Å². The molecular weight excluding hydrogens is 254 g/mol. The van der Waals surface area contributed by atoms with E-state index in [0.717, 1.165) is 25.0 Å². The van der Waals surface area contributed by atoms with Gasteiger partial charge in [0.1, 0.15) is 17.3 Å². The fraction of sp³-hybridized carbons (Fsp3) is 0.462. The van der Waals surface area contributed by atoms with Gasteiger partial charge in [-0.1, -0.05) is 0 Å². The molecule has 1 aromatic rings. The summed E-state index contributed by atoms with van der Waals surface area (Å²) in [7, 11) is 1.45. The van der Waals surface area contributed by atoms with Crippen molar-refractivity contribution >= 4 is 11.6 Å². The fourth-order valence-corrected chi connectivity index (χ4v) is 1.87. The second-order valence-electron chi connectivity index (χ2n) is 4.76. The number of amides is 1. The molecule has 4 nitrogen and oxygen atoms in total. The second-order valence-corrected chi connectivity index (χ2v) is 4.76. The third-order valence-electron chi connectivity index (χ3n) is 2.96. The average molecular weight is 270 g/mol. The summed E-state index contributed by atoms with van der Waals surface area (Å²) in [4.78, 5) is 12.8. The number of carbonyl (C=O) groups is 1. The number of hydrogen-bond donors (Lipinski definition) is 2. The number of anilines is 1. The lowest BCUT2D eigenvalue weighted by atomic mass is 10.2. The topological polar surface area (TPSA) is 52.6 Å². The Morgan fingerprint density at radius 3 is 2.47 bits per heavy atom. The molecule has 6 heteroatoms. The third kappa shape index (κ3) is 3.41. The summed E-state index contributed by atoms with van der Waals surface area (Å²) in [5.74, 6) is -1.83. The van der Waals surface area contributed by atoms with Crippen LogP contribution in [0.4, 0.5) is 14.5 Å². The maximum absolute atomic E-state index is 13.7. The van der Waals surface area contributed by atoms with Gasteiger partial charge >= 0.3 is 0 Å². The van der Waals surface area contributed by atoms with Crippen molar-refractivity contribution < 1.29 is 18.7 Å². The lowest BCUT2D eigenvalue weighted by molar-refractivity contribution is -0.119. The summed E-state index contributed by atoms with van der Waals surface area (Å²) in [6, 6.07) is 2.34. The van der Waals surface area contributed by atoms with Crippen molar-refractivity contribution in [2.24, 2.45) is 0 Å². The van der Waals surface area contributed by atoms with E-state index in [1.165, 1.54) is 11.9 Å². The van der Waals surface area contributed by atoms with Crippen LogP contribution in [0.15, 0.2) is 12.1 Å². The van der Waals surface area contributed by atoms with Gasteiger partial charge in [0.25, 0.3) is 0 Å². The summed E-state index contributed by atoms with van der Waals surface area (Å²) in [6.45, 7) is -0.539. The van der Waals surface area contributed by atoms with Crippen LogP contribution in [-0.4, -0.2) is 30.6 Å². The number of benzene rings is 1. The molecule has 1 aromatic carbocycles. The van der Waals surface area contributed by atoms with E-state index in [2.05, 4.69) is 5.32 Å². The number of hydrogen-bond acceptors (Lipinski definition) is 3. The number of nitrogens with one attached hydrogen (secondary N) is 1. The minimum absolute atomic E-state index is 0.108. The first-order chi connectivity index (χ1) is 9.01. The van der Waals surface area contributed by atoms with E-state index in [9.17, 15) is 13.6 Å². The Kier molecular flexibility index (Phi) is 3.99. The molecule has 0 aliphatic heterocycles. The van der Waals surface area contributed by atoms with Gasteiger partial charge in [-0.3, -0.25) is 4.79 Å². The monoisotopic (exact) mass is 270 g/mol. The Bertz CT molecular complexity index is 467. The largest absolute Gasteiger partial charge is 0.392 e. The number of halogens is 2. The Morgan fingerprint density at radius 2 is 2.00 bits per heavy atom. The molecule has 0 spiro atoms. The summed E-state index contributed by atoms with van der Waals surface area (Å²) in [6.07, 6.45) is 1.92. The van der Waals surface area contributed by atoms with Gasteiger partial charge in [-0.25, -0.2) is 8.78 Å². The minimum Gasteiger partial charge on any atom is -0.392 e. The van der Waals surface area contributed by atoms with Gasteiger partial charge < -0.3 is 15.3 Å². The predicted octanol–water partition coefficient (Wildman–Crippen LogP) is 1.17. The first kappa shape index (κ1) is 13.7. The first-order valence-corrected chi connectivity index (χ1v) is 6.10. The molecule has 2 N–H and O–H groups in total. The van der Waals surface area contributed by atoms with Crippen LogP contribution in [0.25, 0.3) is 0 Å². The molecule has 0 radical (unpaired) electrons. The van der Waals surface area contributed by atoms with Gasteiger partial charge in [0.05, 0.1) is 13.2 Å². The van der Waals surface area contributed by atoms with Crippen molar-refractivity contribution in [2.75, 3.05) is 18.5 Å². The third-order valence-corrected chi connectivity index (χ3v) is 2.96. The van der Waals surface area contributed by atoms with E-state index in [1.807, 2.05) is 0 Å². The quantitative estimate of drug-likeness (QED) is 0.844. The highest BCUT2D eigenvalue weighted by Crippen LogP contribution is 2.24. The Balaban J connectivity index is 2.09. The molecule has 2 rings (SSSR count). The van der Waals surface area contributed by atoms with Crippen LogP contribution in [0.5, 0.6) is 0 Å².